The van der Waals surface area contributed by atoms with E-state index in [0.29, 0.717) is 18.2 Å². The molecule has 3 fully saturated rings. The third kappa shape index (κ3) is 5.25. The van der Waals surface area contributed by atoms with E-state index in [1.165, 1.54) is 12.8 Å². The van der Waals surface area contributed by atoms with Crippen molar-refractivity contribution in [1.29, 1.82) is 0 Å². The van der Waals surface area contributed by atoms with Crippen LogP contribution in [0, 0.1) is 11.8 Å². The maximum absolute atomic E-state index is 12.9. The van der Waals surface area contributed by atoms with Crippen LogP contribution in [0.5, 0.6) is 0 Å². The standard InChI is InChI=1S/C22H31N3O3/c26-21(17-5-1-2-6-17)23-18-7-3-8-19(13-18)24-22(27)25(14-16-10-11-16)15-20-9-4-12-28-20/h3,7-8,13,16-17,20H,1-2,4-6,9-12,14-15H2,(H,23,26)(H,24,27)/t20-/m0/s1. The van der Waals surface area contributed by atoms with Crippen LogP contribution in [0.4, 0.5) is 16.2 Å². The summed E-state index contributed by atoms with van der Waals surface area (Å²) in [6.45, 7) is 2.25. The van der Waals surface area contributed by atoms with Gasteiger partial charge in [-0.05, 0) is 62.6 Å². The number of amides is 3. The van der Waals surface area contributed by atoms with Crippen molar-refractivity contribution in [2.24, 2.45) is 11.8 Å². The summed E-state index contributed by atoms with van der Waals surface area (Å²) in [6, 6.07) is 7.36. The number of carbonyl (C=O) groups is 2. The average Bonchev–Trinajstić information content (AvgIpc) is 3.13. The molecular formula is C22H31N3O3. The molecule has 1 aromatic carbocycles. The molecule has 152 valence electrons. The van der Waals surface area contributed by atoms with Crippen molar-refractivity contribution in [2.75, 3.05) is 30.3 Å². The van der Waals surface area contributed by atoms with Gasteiger partial charge in [-0.15, -0.1) is 0 Å². The molecule has 2 aliphatic carbocycles. The summed E-state index contributed by atoms with van der Waals surface area (Å²) in [4.78, 5) is 27.1. The molecule has 6 nitrogen and oxygen atoms in total. The van der Waals surface area contributed by atoms with Gasteiger partial charge in [0, 0.05) is 37.0 Å². The molecule has 1 aliphatic heterocycles. The summed E-state index contributed by atoms with van der Waals surface area (Å²) in [7, 11) is 0. The molecule has 1 saturated heterocycles. The van der Waals surface area contributed by atoms with Gasteiger partial charge in [0.15, 0.2) is 0 Å². The monoisotopic (exact) mass is 385 g/mol. The van der Waals surface area contributed by atoms with E-state index in [2.05, 4.69) is 10.6 Å². The normalized spacial score (nSPS) is 22.2. The Morgan fingerprint density at radius 2 is 1.71 bits per heavy atom. The number of ether oxygens (including phenoxy) is 1. The van der Waals surface area contributed by atoms with Gasteiger partial charge in [-0.3, -0.25) is 4.79 Å². The number of hydrogen-bond donors (Lipinski definition) is 2. The van der Waals surface area contributed by atoms with Crippen molar-refractivity contribution >= 4 is 23.3 Å². The topological polar surface area (TPSA) is 70.7 Å². The Morgan fingerprint density at radius 3 is 2.39 bits per heavy atom. The zero-order chi connectivity index (χ0) is 19.3. The fraction of sp³-hybridized carbons (Fsp3) is 0.636. The lowest BCUT2D eigenvalue weighted by Crippen LogP contribution is -2.41. The second kappa shape index (κ2) is 8.95. The molecule has 1 heterocycles. The molecule has 0 bridgehead atoms. The van der Waals surface area contributed by atoms with Crippen LogP contribution in [0.1, 0.15) is 51.4 Å². The lowest BCUT2D eigenvalue weighted by atomic mass is 10.1. The smallest absolute Gasteiger partial charge is 0.321 e. The fourth-order valence-corrected chi connectivity index (χ4v) is 4.20. The zero-order valence-electron chi connectivity index (χ0n) is 16.5. The molecule has 0 radical (unpaired) electrons. The second-order valence-electron chi connectivity index (χ2n) is 8.46. The van der Waals surface area contributed by atoms with Gasteiger partial charge >= 0.3 is 6.03 Å². The summed E-state index contributed by atoms with van der Waals surface area (Å²) in [6.07, 6.45) is 8.88. The van der Waals surface area contributed by atoms with E-state index in [-0.39, 0.29) is 24.0 Å². The maximum Gasteiger partial charge on any atom is 0.321 e. The van der Waals surface area contributed by atoms with Gasteiger partial charge < -0.3 is 20.3 Å². The molecule has 0 aromatic heterocycles. The zero-order valence-corrected chi connectivity index (χ0v) is 16.5. The number of carbonyl (C=O) groups excluding carboxylic acids is 2. The first kappa shape index (κ1) is 19.2. The highest BCUT2D eigenvalue weighted by Crippen LogP contribution is 2.31. The van der Waals surface area contributed by atoms with Crippen molar-refractivity contribution in [1.82, 2.24) is 4.90 Å². The first-order chi connectivity index (χ1) is 13.7. The lowest BCUT2D eigenvalue weighted by Gasteiger charge is -2.26. The first-order valence-corrected chi connectivity index (χ1v) is 10.8. The van der Waals surface area contributed by atoms with Crippen molar-refractivity contribution in [2.45, 2.75) is 57.5 Å². The number of anilines is 2. The summed E-state index contributed by atoms with van der Waals surface area (Å²) < 4.78 is 5.73. The Kier molecular flexibility index (Phi) is 6.15. The van der Waals surface area contributed by atoms with Crippen molar-refractivity contribution in [3.8, 4) is 0 Å². The van der Waals surface area contributed by atoms with Crippen LogP contribution < -0.4 is 10.6 Å². The minimum Gasteiger partial charge on any atom is -0.376 e. The lowest BCUT2D eigenvalue weighted by molar-refractivity contribution is -0.119. The highest BCUT2D eigenvalue weighted by Gasteiger charge is 2.29. The Labute approximate surface area is 167 Å². The van der Waals surface area contributed by atoms with E-state index >= 15 is 0 Å². The van der Waals surface area contributed by atoms with Crippen LogP contribution in [-0.2, 0) is 9.53 Å². The predicted molar refractivity (Wildman–Crippen MR) is 109 cm³/mol. The molecule has 1 aromatic rings. The molecule has 1 atom stereocenters. The number of nitrogens with one attached hydrogen (secondary N) is 2. The Morgan fingerprint density at radius 1 is 0.964 bits per heavy atom. The van der Waals surface area contributed by atoms with Gasteiger partial charge in [0.25, 0.3) is 0 Å². The predicted octanol–water partition coefficient (Wildman–Crippen LogP) is 4.24. The Hall–Kier alpha value is -2.08. The van der Waals surface area contributed by atoms with Gasteiger partial charge in [0.1, 0.15) is 0 Å². The summed E-state index contributed by atoms with van der Waals surface area (Å²) in [5.74, 6) is 0.845. The SMILES string of the molecule is O=C(Nc1cccc(NC(=O)N(CC2CC2)C[C@@H]2CCCO2)c1)C1CCCC1. The highest BCUT2D eigenvalue weighted by atomic mass is 16.5. The van der Waals surface area contributed by atoms with Gasteiger partial charge in [0.2, 0.25) is 5.91 Å². The van der Waals surface area contributed by atoms with Crippen molar-refractivity contribution < 1.29 is 14.3 Å². The molecule has 3 amide bonds. The second-order valence-corrected chi connectivity index (χ2v) is 8.46. The number of benzene rings is 1. The molecule has 0 spiro atoms. The van der Waals surface area contributed by atoms with E-state index in [4.69, 9.17) is 4.74 Å². The molecule has 6 heteroatoms. The number of urea groups is 1. The average molecular weight is 386 g/mol. The summed E-state index contributed by atoms with van der Waals surface area (Å²) in [5.41, 5.74) is 1.45. The van der Waals surface area contributed by atoms with Crippen LogP contribution >= 0.6 is 0 Å². The van der Waals surface area contributed by atoms with E-state index in [9.17, 15) is 9.59 Å². The van der Waals surface area contributed by atoms with Gasteiger partial charge in [0.05, 0.1) is 6.10 Å². The van der Waals surface area contributed by atoms with Crippen molar-refractivity contribution in [3.63, 3.8) is 0 Å². The first-order valence-electron chi connectivity index (χ1n) is 10.8. The van der Waals surface area contributed by atoms with E-state index in [1.807, 2.05) is 29.2 Å². The van der Waals surface area contributed by atoms with Crippen LogP contribution in [-0.4, -0.2) is 42.6 Å². The van der Waals surface area contributed by atoms with Crippen LogP contribution in [0.15, 0.2) is 24.3 Å². The maximum atomic E-state index is 12.9. The Bertz CT molecular complexity index is 692. The molecule has 28 heavy (non-hydrogen) atoms. The summed E-state index contributed by atoms with van der Waals surface area (Å²) >= 11 is 0. The third-order valence-corrected chi connectivity index (χ3v) is 6.02. The molecule has 0 unspecified atom stereocenters. The molecule has 2 N–H and O–H groups in total. The van der Waals surface area contributed by atoms with Crippen LogP contribution in [0.3, 0.4) is 0 Å². The van der Waals surface area contributed by atoms with Gasteiger partial charge in [-0.2, -0.15) is 0 Å². The number of rotatable bonds is 7. The highest BCUT2D eigenvalue weighted by molar-refractivity contribution is 5.94. The van der Waals surface area contributed by atoms with Crippen LogP contribution in [0.25, 0.3) is 0 Å². The molecular weight excluding hydrogens is 354 g/mol. The van der Waals surface area contributed by atoms with Crippen LogP contribution in [0.2, 0.25) is 0 Å². The minimum absolute atomic E-state index is 0.0818. The van der Waals surface area contributed by atoms with E-state index in [0.717, 1.165) is 57.4 Å². The van der Waals surface area contributed by atoms with Gasteiger partial charge in [-0.1, -0.05) is 18.9 Å². The van der Waals surface area contributed by atoms with Crippen molar-refractivity contribution in [3.05, 3.63) is 24.3 Å². The number of hydrogen-bond acceptors (Lipinski definition) is 3. The van der Waals surface area contributed by atoms with E-state index < -0.39 is 0 Å². The largest absolute Gasteiger partial charge is 0.376 e. The molecule has 3 aliphatic rings. The molecule has 2 saturated carbocycles. The van der Waals surface area contributed by atoms with E-state index in [1.54, 1.807) is 0 Å². The summed E-state index contributed by atoms with van der Waals surface area (Å²) in [5, 5.41) is 6.02. The number of nitrogens with zero attached hydrogens (tertiary/aromatic N) is 1. The third-order valence-electron chi connectivity index (χ3n) is 6.02. The quantitative estimate of drug-likeness (QED) is 0.737. The Balaban J connectivity index is 1.35. The minimum atomic E-state index is -0.0818. The van der Waals surface area contributed by atoms with Gasteiger partial charge in [-0.25, -0.2) is 4.79 Å². The molecule has 4 rings (SSSR count). The fourth-order valence-electron chi connectivity index (χ4n) is 4.20.